The highest BCUT2D eigenvalue weighted by Gasteiger charge is 2.20. The Morgan fingerprint density at radius 2 is 1.15 bits per heavy atom. The second-order valence-electron chi connectivity index (χ2n) is 6.89. The molecule has 0 heterocycles. The van der Waals surface area contributed by atoms with Gasteiger partial charge in [0.2, 0.25) is 11.8 Å². The Kier molecular flexibility index (Phi) is 14.8. The fraction of sp³-hybridized carbons (Fsp3) is 0.789. The first-order valence-electron chi connectivity index (χ1n) is 9.85. The summed E-state index contributed by atoms with van der Waals surface area (Å²) in [6, 6.07) is -1.07. The third-order valence-corrected chi connectivity index (χ3v) is 4.36. The number of carboxylic acids is 2. The molecule has 5 N–H and O–H groups in total. The summed E-state index contributed by atoms with van der Waals surface area (Å²) in [6.45, 7) is 0. The zero-order chi connectivity index (χ0) is 20.5. The minimum absolute atomic E-state index is 0.00666. The van der Waals surface area contributed by atoms with Crippen LogP contribution in [-0.2, 0) is 19.2 Å². The fourth-order valence-electron chi connectivity index (χ4n) is 2.79. The predicted molar refractivity (Wildman–Crippen MR) is 101 cm³/mol. The number of amides is 2. The Hall–Kier alpha value is -2.12. The largest absolute Gasteiger partial charge is 0.481 e. The molecule has 8 heteroatoms. The molecule has 0 aliphatic heterocycles. The first-order valence-corrected chi connectivity index (χ1v) is 9.85. The van der Waals surface area contributed by atoms with Crippen LogP contribution in [-0.4, -0.2) is 40.0 Å². The molecule has 0 aromatic carbocycles. The molecular weight excluding hydrogens is 352 g/mol. The maximum Gasteiger partial charge on any atom is 0.326 e. The molecule has 0 aliphatic carbocycles. The molecule has 1 unspecified atom stereocenters. The Labute approximate surface area is 160 Å². The Morgan fingerprint density at radius 3 is 1.56 bits per heavy atom. The van der Waals surface area contributed by atoms with Crippen LogP contribution in [0, 0.1) is 0 Å². The zero-order valence-electron chi connectivity index (χ0n) is 16.1. The van der Waals surface area contributed by atoms with Crippen molar-refractivity contribution in [3.63, 3.8) is 0 Å². The lowest BCUT2D eigenvalue weighted by molar-refractivity contribution is -0.142. The van der Waals surface area contributed by atoms with E-state index < -0.39 is 23.9 Å². The number of rotatable bonds is 18. The summed E-state index contributed by atoms with van der Waals surface area (Å²) in [5, 5.41) is 20.0. The van der Waals surface area contributed by atoms with Crippen LogP contribution in [0.4, 0.5) is 0 Å². The van der Waals surface area contributed by atoms with Crippen LogP contribution in [0.15, 0.2) is 0 Å². The maximum absolute atomic E-state index is 11.8. The van der Waals surface area contributed by atoms with Gasteiger partial charge in [0.15, 0.2) is 0 Å². The molecule has 0 spiro atoms. The highest BCUT2D eigenvalue weighted by molar-refractivity contribution is 5.84. The lowest BCUT2D eigenvalue weighted by Gasteiger charge is -2.13. The van der Waals surface area contributed by atoms with Gasteiger partial charge in [0, 0.05) is 19.3 Å². The fourth-order valence-corrected chi connectivity index (χ4v) is 2.79. The van der Waals surface area contributed by atoms with Gasteiger partial charge in [-0.05, 0) is 19.3 Å². The van der Waals surface area contributed by atoms with Crippen molar-refractivity contribution < 1.29 is 29.4 Å². The normalized spacial score (nSPS) is 11.7. The third-order valence-electron chi connectivity index (χ3n) is 4.36. The van der Waals surface area contributed by atoms with E-state index >= 15 is 0 Å². The number of nitrogens with one attached hydrogen (secondary N) is 1. The SMILES string of the molecule is NC(=O)CCC(NC(=O)CCCCCCCCCCCCC(=O)O)C(=O)O. The molecule has 0 bridgehead atoms. The molecule has 1 atom stereocenters. The van der Waals surface area contributed by atoms with E-state index in [1.807, 2.05) is 0 Å². The number of carbonyl (C=O) groups excluding carboxylic acids is 2. The zero-order valence-corrected chi connectivity index (χ0v) is 16.1. The van der Waals surface area contributed by atoms with E-state index in [2.05, 4.69) is 5.32 Å². The topological polar surface area (TPSA) is 147 Å². The van der Waals surface area contributed by atoms with Crippen molar-refractivity contribution in [1.29, 1.82) is 0 Å². The molecule has 0 rings (SSSR count). The lowest BCUT2D eigenvalue weighted by atomic mass is 10.0. The summed E-state index contributed by atoms with van der Waals surface area (Å²) in [5.74, 6) is -2.79. The Bertz CT molecular complexity index is 467. The molecule has 0 aromatic rings. The maximum atomic E-state index is 11.8. The molecule has 0 saturated heterocycles. The molecule has 0 radical (unpaired) electrons. The van der Waals surface area contributed by atoms with Gasteiger partial charge in [-0.1, -0.05) is 51.4 Å². The van der Waals surface area contributed by atoms with E-state index in [1.165, 1.54) is 0 Å². The Balaban J connectivity index is 3.55. The summed E-state index contributed by atoms with van der Waals surface area (Å²) in [6.07, 6.45) is 10.5. The first-order chi connectivity index (χ1) is 12.8. The van der Waals surface area contributed by atoms with Gasteiger partial charge in [-0.3, -0.25) is 14.4 Å². The minimum Gasteiger partial charge on any atom is -0.481 e. The van der Waals surface area contributed by atoms with Crippen LogP contribution in [0.25, 0.3) is 0 Å². The predicted octanol–water partition coefficient (Wildman–Crippen LogP) is 2.59. The number of aliphatic carboxylic acids is 2. The van der Waals surface area contributed by atoms with Crippen molar-refractivity contribution in [2.45, 2.75) is 95.9 Å². The standard InChI is InChI=1S/C19H34N2O6/c20-16(22)14-13-15(19(26)27)21-17(23)11-9-7-5-3-1-2-4-6-8-10-12-18(24)25/h15H,1-14H2,(H2,20,22)(H,21,23)(H,24,25)(H,26,27). The van der Waals surface area contributed by atoms with Crippen LogP contribution >= 0.6 is 0 Å². The number of unbranched alkanes of at least 4 members (excludes halogenated alkanes) is 9. The van der Waals surface area contributed by atoms with Crippen molar-refractivity contribution in [2.24, 2.45) is 5.73 Å². The highest BCUT2D eigenvalue weighted by atomic mass is 16.4. The molecular formula is C19H34N2O6. The van der Waals surface area contributed by atoms with Crippen LogP contribution in [0.3, 0.4) is 0 Å². The van der Waals surface area contributed by atoms with Crippen molar-refractivity contribution in [3.8, 4) is 0 Å². The molecule has 2 amide bonds. The summed E-state index contributed by atoms with van der Waals surface area (Å²) in [7, 11) is 0. The number of primary amides is 1. The van der Waals surface area contributed by atoms with Gasteiger partial charge >= 0.3 is 11.9 Å². The van der Waals surface area contributed by atoms with Crippen molar-refractivity contribution in [3.05, 3.63) is 0 Å². The smallest absolute Gasteiger partial charge is 0.326 e. The average molecular weight is 386 g/mol. The summed E-state index contributed by atoms with van der Waals surface area (Å²) < 4.78 is 0. The first kappa shape index (κ1) is 24.9. The third kappa shape index (κ3) is 17.1. The van der Waals surface area contributed by atoms with Crippen LogP contribution < -0.4 is 11.1 Å². The average Bonchev–Trinajstić information content (AvgIpc) is 2.58. The van der Waals surface area contributed by atoms with Crippen LogP contribution in [0.5, 0.6) is 0 Å². The van der Waals surface area contributed by atoms with Gasteiger partial charge in [0.1, 0.15) is 6.04 Å². The highest BCUT2D eigenvalue weighted by Crippen LogP contribution is 2.12. The number of hydrogen-bond acceptors (Lipinski definition) is 4. The minimum atomic E-state index is -1.16. The number of carboxylic acid groups (broad SMARTS) is 2. The molecule has 0 aliphatic rings. The van der Waals surface area contributed by atoms with E-state index in [-0.39, 0.29) is 31.6 Å². The molecule has 27 heavy (non-hydrogen) atoms. The van der Waals surface area contributed by atoms with E-state index in [0.717, 1.165) is 57.8 Å². The quantitative estimate of drug-likeness (QED) is 0.266. The lowest BCUT2D eigenvalue weighted by Crippen LogP contribution is -2.41. The monoisotopic (exact) mass is 386 g/mol. The molecule has 0 saturated carbocycles. The molecule has 156 valence electrons. The van der Waals surface area contributed by atoms with Gasteiger partial charge < -0.3 is 21.3 Å². The molecule has 0 aromatic heterocycles. The van der Waals surface area contributed by atoms with Gasteiger partial charge in [0.05, 0.1) is 0 Å². The van der Waals surface area contributed by atoms with Crippen molar-refractivity contribution >= 4 is 23.8 Å². The van der Waals surface area contributed by atoms with Gasteiger partial charge in [-0.15, -0.1) is 0 Å². The summed E-state index contributed by atoms with van der Waals surface area (Å²) in [4.78, 5) is 43.9. The van der Waals surface area contributed by atoms with E-state index in [0.29, 0.717) is 6.42 Å². The molecule has 8 nitrogen and oxygen atoms in total. The summed E-state index contributed by atoms with van der Waals surface area (Å²) >= 11 is 0. The second kappa shape index (κ2) is 16.1. The van der Waals surface area contributed by atoms with Crippen molar-refractivity contribution in [1.82, 2.24) is 5.32 Å². The second-order valence-corrected chi connectivity index (χ2v) is 6.89. The van der Waals surface area contributed by atoms with Crippen LogP contribution in [0.2, 0.25) is 0 Å². The molecule has 0 fully saturated rings. The number of carbonyl (C=O) groups is 4. The Morgan fingerprint density at radius 1 is 0.704 bits per heavy atom. The summed E-state index contributed by atoms with van der Waals surface area (Å²) in [5.41, 5.74) is 5.00. The number of nitrogens with two attached hydrogens (primary N) is 1. The van der Waals surface area contributed by atoms with Crippen molar-refractivity contribution in [2.75, 3.05) is 0 Å². The number of hydrogen-bond donors (Lipinski definition) is 4. The van der Waals surface area contributed by atoms with E-state index in [9.17, 15) is 19.2 Å². The van der Waals surface area contributed by atoms with Gasteiger partial charge in [0.25, 0.3) is 0 Å². The van der Waals surface area contributed by atoms with E-state index in [4.69, 9.17) is 15.9 Å². The van der Waals surface area contributed by atoms with E-state index in [1.54, 1.807) is 0 Å². The van der Waals surface area contributed by atoms with Gasteiger partial charge in [-0.2, -0.15) is 0 Å². The van der Waals surface area contributed by atoms with Crippen LogP contribution in [0.1, 0.15) is 89.9 Å². The van der Waals surface area contributed by atoms with Gasteiger partial charge in [-0.25, -0.2) is 4.79 Å².